The second kappa shape index (κ2) is 12.7. The number of hydrogen-bond donors (Lipinski definition) is 2. The third kappa shape index (κ3) is 7.87. The molecule has 0 unspecified atom stereocenters. The Hall–Kier alpha value is -1.78. The van der Waals surface area contributed by atoms with Crippen molar-refractivity contribution < 1.29 is 0 Å². The minimum Gasteiger partial charge on any atom is -0.357 e. The van der Waals surface area contributed by atoms with Gasteiger partial charge in [-0.2, -0.15) is 5.10 Å². The number of nitrogens with one attached hydrogen (secondary N) is 2. The van der Waals surface area contributed by atoms with Gasteiger partial charge in [-0.3, -0.25) is 0 Å². The quantitative estimate of drug-likeness (QED) is 0.145. The van der Waals surface area contributed by atoms with E-state index in [9.17, 15) is 0 Å². The summed E-state index contributed by atoms with van der Waals surface area (Å²) in [7, 11) is 0. The van der Waals surface area contributed by atoms with Gasteiger partial charge in [0.2, 0.25) is 0 Å². The molecule has 0 aliphatic rings. The van der Waals surface area contributed by atoms with Crippen LogP contribution in [0.25, 0.3) is 5.82 Å². The highest BCUT2D eigenvalue weighted by Gasteiger charge is 2.02. The summed E-state index contributed by atoms with van der Waals surface area (Å²) in [6, 6.07) is 13.7. The number of rotatable bonds is 8. The molecule has 0 aliphatic carbocycles. The van der Waals surface area contributed by atoms with Crippen molar-refractivity contribution in [3.8, 4) is 5.82 Å². The van der Waals surface area contributed by atoms with Crippen LogP contribution in [0.1, 0.15) is 12.5 Å². The van der Waals surface area contributed by atoms with E-state index in [0.717, 1.165) is 41.2 Å². The molecule has 9 heteroatoms. The van der Waals surface area contributed by atoms with Gasteiger partial charge < -0.3 is 10.6 Å². The molecular formula is C20H24ClIN6S. The van der Waals surface area contributed by atoms with Crippen molar-refractivity contribution in [2.75, 3.05) is 18.8 Å². The van der Waals surface area contributed by atoms with Crippen LogP contribution in [-0.4, -0.2) is 39.6 Å². The number of guanidine groups is 1. The smallest absolute Gasteiger partial charge is 0.191 e. The van der Waals surface area contributed by atoms with Crippen LogP contribution in [-0.2, 0) is 6.54 Å². The molecule has 1 aromatic carbocycles. The van der Waals surface area contributed by atoms with Gasteiger partial charge >= 0.3 is 0 Å². The van der Waals surface area contributed by atoms with Crippen LogP contribution in [0.4, 0.5) is 0 Å². The van der Waals surface area contributed by atoms with Gasteiger partial charge in [-0.1, -0.05) is 11.6 Å². The minimum atomic E-state index is 0. The molecule has 0 amide bonds. The molecule has 29 heavy (non-hydrogen) atoms. The lowest BCUT2D eigenvalue weighted by molar-refractivity contribution is 0.831. The molecule has 0 aliphatic heterocycles. The van der Waals surface area contributed by atoms with Crippen molar-refractivity contribution in [2.45, 2.75) is 18.4 Å². The van der Waals surface area contributed by atoms with E-state index in [-0.39, 0.29) is 24.0 Å². The number of thioether (sulfide) groups is 1. The van der Waals surface area contributed by atoms with Gasteiger partial charge in [-0.25, -0.2) is 14.7 Å². The van der Waals surface area contributed by atoms with E-state index >= 15 is 0 Å². The van der Waals surface area contributed by atoms with Gasteiger partial charge in [0.05, 0.1) is 6.54 Å². The van der Waals surface area contributed by atoms with Crippen LogP contribution in [0.15, 0.2) is 70.9 Å². The maximum Gasteiger partial charge on any atom is 0.191 e. The van der Waals surface area contributed by atoms with E-state index in [0.29, 0.717) is 6.54 Å². The first-order valence-electron chi connectivity index (χ1n) is 9.10. The Morgan fingerprint density at radius 1 is 1.17 bits per heavy atom. The first kappa shape index (κ1) is 23.5. The second-order valence-electron chi connectivity index (χ2n) is 5.90. The van der Waals surface area contributed by atoms with E-state index < -0.39 is 0 Å². The molecular weight excluding hydrogens is 519 g/mol. The highest BCUT2D eigenvalue weighted by molar-refractivity contribution is 14.0. The summed E-state index contributed by atoms with van der Waals surface area (Å²) in [6.45, 7) is 4.25. The maximum absolute atomic E-state index is 5.92. The maximum atomic E-state index is 5.92. The van der Waals surface area contributed by atoms with Gasteiger partial charge in [-0.05, 0) is 55.0 Å². The van der Waals surface area contributed by atoms with Gasteiger partial charge in [0.15, 0.2) is 11.8 Å². The molecule has 6 nitrogen and oxygen atoms in total. The molecule has 3 rings (SSSR count). The highest BCUT2D eigenvalue weighted by Crippen LogP contribution is 2.19. The second-order valence-corrected chi connectivity index (χ2v) is 7.50. The van der Waals surface area contributed by atoms with Crippen LogP contribution < -0.4 is 10.6 Å². The topological polar surface area (TPSA) is 67.1 Å². The van der Waals surface area contributed by atoms with Crippen molar-refractivity contribution in [3.05, 3.63) is 71.6 Å². The fourth-order valence-corrected chi connectivity index (χ4v) is 3.36. The van der Waals surface area contributed by atoms with E-state index in [4.69, 9.17) is 11.6 Å². The fourth-order valence-electron chi connectivity index (χ4n) is 2.47. The number of nitrogens with zero attached hydrogens (tertiary/aromatic N) is 4. The van der Waals surface area contributed by atoms with Crippen LogP contribution >= 0.6 is 47.3 Å². The van der Waals surface area contributed by atoms with E-state index in [1.165, 1.54) is 4.90 Å². The standard InChI is InChI=1S/C20H23ClN6S.HI/c1-2-22-20(24-11-13-28-18-6-4-17(21)5-7-18)25-15-16-8-10-23-19(14-16)27-12-3-9-26-27;/h3-10,12,14H,2,11,13,15H2,1H3,(H2,22,24,25);1H. The Labute approximate surface area is 197 Å². The highest BCUT2D eigenvalue weighted by atomic mass is 127. The lowest BCUT2D eigenvalue weighted by atomic mass is 10.2. The summed E-state index contributed by atoms with van der Waals surface area (Å²) in [6.07, 6.45) is 5.39. The molecule has 0 spiro atoms. The molecule has 2 N–H and O–H groups in total. The molecule has 3 aromatic rings. The zero-order valence-corrected chi connectivity index (χ0v) is 20.0. The summed E-state index contributed by atoms with van der Waals surface area (Å²) in [4.78, 5) is 10.2. The minimum absolute atomic E-state index is 0. The molecule has 0 saturated carbocycles. The summed E-state index contributed by atoms with van der Waals surface area (Å²) >= 11 is 7.70. The average Bonchev–Trinajstić information content (AvgIpc) is 3.26. The summed E-state index contributed by atoms with van der Waals surface area (Å²) in [5.41, 5.74) is 1.08. The fraction of sp³-hybridized carbons (Fsp3) is 0.250. The number of halogens is 2. The first-order chi connectivity index (χ1) is 13.7. The summed E-state index contributed by atoms with van der Waals surface area (Å²) in [5.74, 6) is 2.52. The predicted molar refractivity (Wildman–Crippen MR) is 132 cm³/mol. The molecule has 2 heterocycles. The number of aromatic nitrogens is 3. The van der Waals surface area contributed by atoms with Crippen molar-refractivity contribution in [1.82, 2.24) is 25.4 Å². The molecule has 0 fully saturated rings. The number of benzene rings is 1. The zero-order chi connectivity index (χ0) is 19.6. The Morgan fingerprint density at radius 2 is 2.00 bits per heavy atom. The van der Waals surface area contributed by atoms with E-state index in [2.05, 4.69) is 32.6 Å². The number of hydrogen-bond acceptors (Lipinski definition) is 4. The van der Waals surface area contributed by atoms with Crippen molar-refractivity contribution in [1.29, 1.82) is 0 Å². The average molecular weight is 543 g/mol. The number of aliphatic imine (C=N–C) groups is 1. The Bertz CT molecular complexity index is 886. The molecule has 0 saturated heterocycles. The zero-order valence-electron chi connectivity index (χ0n) is 16.1. The van der Waals surface area contributed by atoms with Crippen molar-refractivity contribution >= 4 is 53.3 Å². The number of pyridine rings is 1. The SMILES string of the molecule is CCNC(=NCc1ccnc(-n2cccn2)c1)NCCSc1ccc(Cl)cc1.I. The molecule has 154 valence electrons. The molecule has 0 bridgehead atoms. The lowest BCUT2D eigenvalue weighted by Crippen LogP contribution is -2.38. The largest absolute Gasteiger partial charge is 0.357 e. The van der Waals surface area contributed by atoms with Crippen LogP contribution in [0.3, 0.4) is 0 Å². The summed E-state index contributed by atoms with van der Waals surface area (Å²) in [5, 5.41) is 11.6. The van der Waals surface area contributed by atoms with E-state index in [1.54, 1.807) is 28.8 Å². The Kier molecular flexibility index (Phi) is 10.3. The van der Waals surface area contributed by atoms with E-state index in [1.807, 2.05) is 48.7 Å². The molecule has 0 radical (unpaired) electrons. The Balaban J connectivity index is 0.00000300. The summed E-state index contributed by atoms with van der Waals surface area (Å²) < 4.78 is 1.74. The monoisotopic (exact) mass is 542 g/mol. The molecule has 2 aromatic heterocycles. The third-order valence-corrected chi connectivity index (χ3v) is 5.06. The molecule has 0 atom stereocenters. The van der Waals surface area contributed by atoms with Crippen molar-refractivity contribution in [2.24, 2.45) is 4.99 Å². The van der Waals surface area contributed by atoms with Crippen LogP contribution in [0, 0.1) is 0 Å². The third-order valence-electron chi connectivity index (χ3n) is 3.79. The first-order valence-corrected chi connectivity index (χ1v) is 10.5. The lowest BCUT2D eigenvalue weighted by Gasteiger charge is -2.11. The van der Waals surface area contributed by atoms with Gasteiger partial charge in [0, 0.05) is 47.4 Å². The van der Waals surface area contributed by atoms with Crippen LogP contribution in [0.5, 0.6) is 0 Å². The van der Waals surface area contributed by atoms with Crippen LogP contribution in [0.2, 0.25) is 5.02 Å². The van der Waals surface area contributed by atoms with Gasteiger partial charge in [-0.15, -0.1) is 35.7 Å². The van der Waals surface area contributed by atoms with Gasteiger partial charge in [0.25, 0.3) is 0 Å². The van der Waals surface area contributed by atoms with Crippen molar-refractivity contribution in [3.63, 3.8) is 0 Å². The Morgan fingerprint density at radius 3 is 2.72 bits per heavy atom. The normalized spacial score (nSPS) is 11.0. The van der Waals surface area contributed by atoms with Gasteiger partial charge in [0.1, 0.15) is 0 Å². The predicted octanol–water partition coefficient (Wildman–Crippen LogP) is 4.39.